The van der Waals surface area contributed by atoms with E-state index in [0.717, 1.165) is 25.3 Å². The number of carbonyl (C=O) groups is 1. The Morgan fingerprint density at radius 2 is 1.77 bits per heavy atom. The van der Waals surface area contributed by atoms with Crippen LogP contribution in [0.2, 0.25) is 0 Å². The van der Waals surface area contributed by atoms with Gasteiger partial charge in [-0.1, -0.05) is 13.0 Å². The number of aryl methyl sites for hydroxylation is 1. The molecule has 0 radical (unpaired) electrons. The second kappa shape index (κ2) is 9.56. The third-order valence-electron chi connectivity index (χ3n) is 4.89. The Kier molecular flexibility index (Phi) is 7.11. The molecule has 1 atom stereocenters. The molecule has 7 nitrogen and oxygen atoms in total. The number of aromatic nitrogens is 2. The van der Waals surface area contributed by atoms with Gasteiger partial charge in [-0.2, -0.15) is 13.2 Å². The molecule has 0 saturated heterocycles. The SMILES string of the molecule is CCc1cc(F)c(Oc2nnc(C(F)(F)F)c(C)c2C(=O)Nc2cccc(S(C)(=N)=O)c2)c(F)c1. The van der Waals surface area contributed by atoms with E-state index in [-0.39, 0.29) is 10.6 Å². The molecule has 186 valence electrons. The number of hydrogen-bond donors (Lipinski definition) is 2. The Bertz CT molecular complexity index is 1390. The smallest absolute Gasteiger partial charge is 0.431 e. The van der Waals surface area contributed by atoms with Gasteiger partial charge in [0, 0.05) is 16.8 Å². The van der Waals surface area contributed by atoms with Gasteiger partial charge in [-0.05, 0) is 54.8 Å². The fourth-order valence-corrected chi connectivity index (χ4v) is 3.82. The number of rotatable bonds is 6. The number of amides is 1. The van der Waals surface area contributed by atoms with Crippen LogP contribution in [-0.4, -0.2) is 26.6 Å². The minimum atomic E-state index is -4.98. The van der Waals surface area contributed by atoms with Crippen molar-refractivity contribution < 1.29 is 35.7 Å². The monoisotopic (exact) mass is 514 g/mol. The number of nitrogens with zero attached hydrogens (tertiary/aromatic N) is 2. The summed E-state index contributed by atoms with van der Waals surface area (Å²) in [7, 11) is -3.15. The van der Waals surface area contributed by atoms with E-state index in [9.17, 15) is 31.0 Å². The number of benzene rings is 2. The van der Waals surface area contributed by atoms with Crippen molar-refractivity contribution in [1.29, 1.82) is 4.78 Å². The van der Waals surface area contributed by atoms with Crippen LogP contribution in [0.15, 0.2) is 41.3 Å². The maximum absolute atomic E-state index is 14.4. The first-order chi connectivity index (χ1) is 16.2. The van der Waals surface area contributed by atoms with E-state index in [0.29, 0.717) is 12.0 Å². The fraction of sp³-hybridized carbons (Fsp3) is 0.227. The van der Waals surface area contributed by atoms with Gasteiger partial charge in [0.1, 0.15) is 5.56 Å². The minimum Gasteiger partial charge on any atom is -0.431 e. The number of anilines is 1. The molecule has 2 aromatic carbocycles. The average molecular weight is 514 g/mol. The fourth-order valence-electron chi connectivity index (χ4n) is 3.13. The van der Waals surface area contributed by atoms with Crippen LogP contribution in [0.3, 0.4) is 0 Å². The molecular formula is C22H19F5N4O3S. The molecule has 0 aliphatic rings. The Balaban J connectivity index is 2.11. The summed E-state index contributed by atoms with van der Waals surface area (Å²) in [5.74, 6) is -5.27. The highest BCUT2D eigenvalue weighted by Gasteiger charge is 2.38. The summed E-state index contributed by atoms with van der Waals surface area (Å²) in [6.07, 6.45) is -3.52. The zero-order chi connectivity index (χ0) is 26.1. The van der Waals surface area contributed by atoms with Crippen LogP contribution in [0.4, 0.5) is 27.6 Å². The molecule has 3 aromatic rings. The number of ether oxygens (including phenoxy) is 1. The van der Waals surface area contributed by atoms with Gasteiger partial charge in [0.25, 0.3) is 11.8 Å². The van der Waals surface area contributed by atoms with Crippen molar-refractivity contribution >= 4 is 21.3 Å². The molecule has 0 saturated carbocycles. The van der Waals surface area contributed by atoms with E-state index < -0.39 is 61.9 Å². The Labute approximate surface area is 197 Å². The zero-order valence-corrected chi connectivity index (χ0v) is 19.4. The lowest BCUT2D eigenvalue weighted by Gasteiger charge is -2.17. The number of alkyl halides is 3. The summed E-state index contributed by atoms with van der Waals surface area (Å²) in [6, 6.07) is 7.30. The number of hydrogen-bond acceptors (Lipinski definition) is 6. The van der Waals surface area contributed by atoms with Crippen LogP contribution < -0.4 is 10.1 Å². The van der Waals surface area contributed by atoms with Gasteiger partial charge in [0.15, 0.2) is 17.3 Å². The van der Waals surface area contributed by atoms with E-state index in [1.807, 2.05) is 0 Å². The van der Waals surface area contributed by atoms with E-state index in [4.69, 9.17) is 9.52 Å². The molecule has 2 N–H and O–H groups in total. The maximum atomic E-state index is 14.4. The maximum Gasteiger partial charge on any atom is 0.435 e. The van der Waals surface area contributed by atoms with Crippen LogP contribution in [0.25, 0.3) is 0 Å². The molecule has 35 heavy (non-hydrogen) atoms. The van der Waals surface area contributed by atoms with Gasteiger partial charge in [-0.3, -0.25) is 4.79 Å². The molecular weight excluding hydrogens is 495 g/mol. The Morgan fingerprint density at radius 1 is 1.14 bits per heavy atom. The van der Waals surface area contributed by atoms with E-state index >= 15 is 0 Å². The lowest BCUT2D eigenvalue weighted by Crippen LogP contribution is -2.21. The third kappa shape index (κ3) is 5.73. The molecule has 0 fully saturated rings. The molecule has 3 rings (SSSR count). The van der Waals surface area contributed by atoms with Gasteiger partial charge in [-0.15, -0.1) is 10.2 Å². The molecule has 1 unspecified atom stereocenters. The summed E-state index contributed by atoms with van der Waals surface area (Å²) in [6.45, 7) is 2.60. The first-order valence-corrected chi connectivity index (χ1v) is 11.9. The zero-order valence-electron chi connectivity index (χ0n) is 18.6. The molecule has 0 aliphatic carbocycles. The van der Waals surface area contributed by atoms with Crippen molar-refractivity contribution in [2.75, 3.05) is 11.6 Å². The first kappa shape index (κ1) is 26.0. The summed E-state index contributed by atoms with van der Waals surface area (Å²) in [5.41, 5.74) is -2.63. The van der Waals surface area contributed by atoms with Crippen molar-refractivity contribution in [3.05, 3.63) is 70.4 Å². The van der Waals surface area contributed by atoms with E-state index in [2.05, 4.69) is 15.5 Å². The second-order valence-electron chi connectivity index (χ2n) is 7.52. The van der Waals surface area contributed by atoms with Crippen LogP contribution in [0, 0.1) is 23.3 Å². The molecule has 13 heteroatoms. The molecule has 1 heterocycles. The molecule has 1 aromatic heterocycles. The predicted octanol–water partition coefficient (Wildman–Crippen LogP) is 5.72. The van der Waals surface area contributed by atoms with Crippen molar-refractivity contribution in [3.63, 3.8) is 0 Å². The van der Waals surface area contributed by atoms with Crippen molar-refractivity contribution in [3.8, 4) is 11.6 Å². The summed E-state index contributed by atoms with van der Waals surface area (Å²) in [5, 5.41) is 8.64. The van der Waals surface area contributed by atoms with Gasteiger partial charge < -0.3 is 10.1 Å². The molecule has 0 spiro atoms. The van der Waals surface area contributed by atoms with Gasteiger partial charge >= 0.3 is 6.18 Å². The topological polar surface area (TPSA) is 105 Å². The first-order valence-electron chi connectivity index (χ1n) is 9.97. The van der Waals surface area contributed by atoms with Gasteiger partial charge in [0.05, 0.1) is 9.73 Å². The van der Waals surface area contributed by atoms with Crippen LogP contribution in [0.1, 0.15) is 34.1 Å². The molecule has 1 amide bonds. The summed E-state index contributed by atoms with van der Waals surface area (Å²) < 4.78 is 94.0. The molecule has 0 aliphatic heterocycles. The predicted molar refractivity (Wildman–Crippen MR) is 117 cm³/mol. The lowest BCUT2D eigenvalue weighted by molar-refractivity contribution is -0.142. The highest BCUT2D eigenvalue weighted by Crippen LogP contribution is 2.36. The number of halogens is 5. The highest BCUT2D eigenvalue weighted by molar-refractivity contribution is 7.91. The average Bonchev–Trinajstić information content (AvgIpc) is 2.74. The normalized spacial score (nSPS) is 13.3. The second-order valence-corrected chi connectivity index (χ2v) is 9.68. The number of carbonyl (C=O) groups excluding carboxylic acids is 1. The molecule has 0 bridgehead atoms. The van der Waals surface area contributed by atoms with Crippen molar-refractivity contribution in [2.24, 2.45) is 0 Å². The quantitative estimate of drug-likeness (QED) is 0.409. The van der Waals surface area contributed by atoms with Crippen molar-refractivity contribution in [1.82, 2.24) is 10.2 Å². The third-order valence-corrected chi connectivity index (χ3v) is 6.04. The van der Waals surface area contributed by atoms with Crippen molar-refractivity contribution in [2.45, 2.75) is 31.3 Å². The lowest BCUT2D eigenvalue weighted by atomic mass is 10.1. The van der Waals surface area contributed by atoms with Crippen LogP contribution in [-0.2, 0) is 22.3 Å². The van der Waals surface area contributed by atoms with E-state index in [1.165, 1.54) is 24.3 Å². The number of nitrogens with one attached hydrogen (secondary N) is 2. The van der Waals surface area contributed by atoms with Crippen LogP contribution >= 0.6 is 0 Å². The van der Waals surface area contributed by atoms with Gasteiger partial charge in [0.2, 0.25) is 5.75 Å². The summed E-state index contributed by atoms with van der Waals surface area (Å²) >= 11 is 0. The summed E-state index contributed by atoms with van der Waals surface area (Å²) in [4.78, 5) is 13.1. The standard InChI is InChI=1S/C22H19F5N4O3S/c1-4-12-8-15(23)18(16(24)9-12)34-21-17(11(2)19(30-31-21)22(25,26)27)20(32)29-13-6-5-7-14(10-13)35(3,28)33/h5-10,28H,4H2,1-3H3,(H,29,32). The Hall–Kier alpha value is -3.61. The van der Waals surface area contributed by atoms with Gasteiger partial charge in [-0.25, -0.2) is 17.8 Å². The van der Waals surface area contributed by atoms with E-state index in [1.54, 1.807) is 6.92 Å². The Morgan fingerprint density at radius 3 is 2.31 bits per heavy atom. The minimum absolute atomic E-state index is 0.00899. The highest BCUT2D eigenvalue weighted by atomic mass is 32.2. The van der Waals surface area contributed by atoms with Crippen LogP contribution in [0.5, 0.6) is 11.6 Å². The largest absolute Gasteiger partial charge is 0.435 e.